The van der Waals surface area contributed by atoms with Gasteiger partial charge in [0.05, 0.1) is 38.5 Å². The molecule has 9 heteroatoms. The molecule has 1 saturated heterocycles. The molecule has 0 aliphatic carbocycles. The summed E-state index contributed by atoms with van der Waals surface area (Å²) >= 11 is 0. The average molecular weight is 442 g/mol. The molecule has 1 aliphatic heterocycles. The molecule has 2 aromatic carbocycles. The van der Waals surface area contributed by atoms with Crippen LogP contribution in [0.2, 0.25) is 0 Å². The molecule has 0 bridgehead atoms. The van der Waals surface area contributed by atoms with Crippen molar-refractivity contribution >= 4 is 23.5 Å². The van der Waals surface area contributed by atoms with Gasteiger partial charge in [0.25, 0.3) is 0 Å². The van der Waals surface area contributed by atoms with E-state index in [1.165, 1.54) is 25.3 Å². The van der Waals surface area contributed by atoms with Gasteiger partial charge in [-0.1, -0.05) is 6.07 Å². The van der Waals surface area contributed by atoms with Crippen LogP contribution in [0.5, 0.6) is 17.2 Å². The molecule has 0 radical (unpaired) electrons. The Morgan fingerprint density at radius 2 is 1.84 bits per heavy atom. The van der Waals surface area contributed by atoms with Crippen LogP contribution < -0.4 is 14.8 Å². The largest absolute Gasteiger partial charge is 0.506 e. The Hall–Kier alpha value is -3.75. The maximum absolute atomic E-state index is 12.6. The molecule has 2 amide bonds. The molecule has 1 heterocycles. The van der Waals surface area contributed by atoms with E-state index >= 15 is 0 Å². The van der Waals surface area contributed by atoms with Gasteiger partial charge in [-0.05, 0) is 42.3 Å². The molecule has 1 aliphatic rings. The monoisotopic (exact) mass is 442 g/mol. The Bertz CT molecular complexity index is 1020. The van der Waals surface area contributed by atoms with Gasteiger partial charge in [0.2, 0.25) is 11.8 Å². The third kappa shape index (κ3) is 5.11. The number of phenolic OH excluding ortho intramolecular Hbond substituents is 1. The number of nitrogens with zero attached hydrogens (tertiary/aromatic N) is 1. The number of hydrogen-bond donors (Lipinski definition) is 2. The maximum Gasteiger partial charge on any atom is 0.337 e. The van der Waals surface area contributed by atoms with Crippen LogP contribution in [0.1, 0.15) is 22.3 Å². The van der Waals surface area contributed by atoms with E-state index in [1.807, 2.05) is 18.2 Å². The van der Waals surface area contributed by atoms with Crippen LogP contribution in [0.4, 0.5) is 5.69 Å². The molecule has 170 valence electrons. The lowest BCUT2D eigenvalue weighted by Gasteiger charge is -2.17. The Kier molecular flexibility index (Phi) is 7.19. The number of methoxy groups -OCH3 is 3. The number of ether oxygens (including phenoxy) is 3. The van der Waals surface area contributed by atoms with Gasteiger partial charge in [0.15, 0.2) is 11.5 Å². The number of carbonyl (C=O) groups is 3. The molecule has 0 saturated carbocycles. The van der Waals surface area contributed by atoms with Gasteiger partial charge >= 0.3 is 5.97 Å². The van der Waals surface area contributed by atoms with Crippen molar-refractivity contribution < 1.29 is 33.7 Å². The first-order valence-electron chi connectivity index (χ1n) is 10.1. The molecule has 1 unspecified atom stereocenters. The van der Waals surface area contributed by atoms with Gasteiger partial charge in [0, 0.05) is 19.5 Å². The van der Waals surface area contributed by atoms with Crippen LogP contribution in [-0.2, 0) is 20.7 Å². The summed E-state index contributed by atoms with van der Waals surface area (Å²) < 4.78 is 15.1. The van der Waals surface area contributed by atoms with E-state index in [2.05, 4.69) is 10.1 Å². The number of aromatic hydroxyl groups is 1. The summed E-state index contributed by atoms with van der Waals surface area (Å²) in [5.41, 5.74) is 1.32. The Labute approximate surface area is 185 Å². The minimum atomic E-state index is -0.593. The van der Waals surface area contributed by atoms with Gasteiger partial charge in [-0.25, -0.2) is 4.79 Å². The second-order valence-corrected chi connectivity index (χ2v) is 7.39. The van der Waals surface area contributed by atoms with Crippen LogP contribution in [0, 0.1) is 5.92 Å². The van der Waals surface area contributed by atoms with Crippen molar-refractivity contribution in [2.75, 3.05) is 39.7 Å². The molecule has 0 spiro atoms. The fourth-order valence-electron chi connectivity index (χ4n) is 3.58. The summed E-state index contributed by atoms with van der Waals surface area (Å²) in [7, 11) is 4.37. The normalized spacial score (nSPS) is 15.4. The highest BCUT2D eigenvalue weighted by atomic mass is 16.5. The fraction of sp³-hybridized carbons (Fsp3) is 0.348. The Morgan fingerprint density at radius 3 is 2.50 bits per heavy atom. The zero-order valence-electron chi connectivity index (χ0n) is 18.2. The Balaban J connectivity index is 1.58. The van der Waals surface area contributed by atoms with Crippen molar-refractivity contribution in [1.82, 2.24) is 4.90 Å². The number of rotatable bonds is 8. The number of anilines is 1. The van der Waals surface area contributed by atoms with E-state index < -0.39 is 11.9 Å². The van der Waals surface area contributed by atoms with E-state index in [0.717, 1.165) is 5.56 Å². The zero-order valence-corrected chi connectivity index (χ0v) is 18.2. The highest BCUT2D eigenvalue weighted by Crippen LogP contribution is 2.29. The van der Waals surface area contributed by atoms with Gasteiger partial charge in [0.1, 0.15) is 5.75 Å². The number of carbonyl (C=O) groups excluding carboxylic acids is 3. The SMILES string of the molecule is COC(=O)c1ccc(NC(=O)C2CC(=O)N(CCc3ccc(OC)c(OC)c3)C2)c(O)c1. The molecule has 0 aromatic heterocycles. The molecule has 9 nitrogen and oxygen atoms in total. The minimum Gasteiger partial charge on any atom is -0.506 e. The summed E-state index contributed by atoms with van der Waals surface area (Å²) in [4.78, 5) is 38.2. The van der Waals surface area contributed by atoms with Crippen molar-refractivity contribution in [1.29, 1.82) is 0 Å². The smallest absolute Gasteiger partial charge is 0.337 e. The number of esters is 1. The number of hydrogen-bond acceptors (Lipinski definition) is 7. The number of phenols is 1. The third-order valence-electron chi connectivity index (χ3n) is 5.38. The highest BCUT2D eigenvalue weighted by Gasteiger charge is 2.34. The summed E-state index contributed by atoms with van der Waals surface area (Å²) in [6, 6.07) is 9.67. The first-order chi connectivity index (χ1) is 15.4. The number of nitrogens with one attached hydrogen (secondary N) is 1. The van der Waals surface area contributed by atoms with Gasteiger partial charge in [-0.2, -0.15) is 0 Å². The third-order valence-corrected chi connectivity index (χ3v) is 5.38. The number of amides is 2. The predicted octanol–water partition coefficient (Wildman–Crippen LogP) is 2.23. The van der Waals surface area contributed by atoms with Gasteiger partial charge in [-0.3, -0.25) is 9.59 Å². The average Bonchev–Trinajstić information content (AvgIpc) is 3.18. The Morgan fingerprint density at radius 1 is 1.09 bits per heavy atom. The summed E-state index contributed by atoms with van der Waals surface area (Å²) in [5.74, 6) is -0.599. The first-order valence-corrected chi connectivity index (χ1v) is 10.1. The lowest BCUT2D eigenvalue weighted by Crippen LogP contribution is -2.30. The lowest BCUT2D eigenvalue weighted by molar-refractivity contribution is -0.128. The molecule has 3 rings (SSSR count). The van der Waals surface area contributed by atoms with Crippen molar-refractivity contribution in [2.24, 2.45) is 5.92 Å². The van der Waals surface area contributed by atoms with Gasteiger partial charge in [-0.15, -0.1) is 0 Å². The number of benzene rings is 2. The topological polar surface area (TPSA) is 114 Å². The summed E-state index contributed by atoms with van der Waals surface area (Å²) in [5, 5.41) is 12.7. The predicted molar refractivity (Wildman–Crippen MR) is 116 cm³/mol. The standard InChI is InChI=1S/C23H26N2O7/c1-30-19-7-4-14(10-20(19)31-2)8-9-25-13-16(12-21(25)27)22(28)24-17-6-5-15(11-18(17)26)23(29)32-3/h4-7,10-11,16,26H,8-9,12-13H2,1-3H3,(H,24,28). The van der Waals surface area contributed by atoms with E-state index in [1.54, 1.807) is 19.1 Å². The lowest BCUT2D eigenvalue weighted by atomic mass is 10.1. The van der Waals surface area contributed by atoms with Crippen LogP contribution >= 0.6 is 0 Å². The van der Waals surface area contributed by atoms with Crippen molar-refractivity contribution in [2.45, 2.75) is 12.8 Å². The van der Waals surface area contributed by atoms with E-state index in [4.69, 9.17) is 9.47 Å². The van der Waals surface area contributed by atoms with Crippen LogP contribution in [0.25, 0.3) is 0 Å². The molecule has 1 atom stereocenters. The molecular weight excluding hydrogens is 416 g/mol. The fourth-order valence-corrected chi connectivity index (χ4v) is 3.58. The second-order valence-electron chi connectivity index (χ2n) is 7.39. The van der Waals surface area contributed by atoms with Crippen LogP contribution in [0.15, 0.2) is 36.4 Å². The summed E-state index contributed by atoms with van der Waals surface area (Å²) in [6.07, 6.45) is 0.703. The van der Waals surface area contributed by atoms with Crippen molar-refractivity contribution in [3.05, 3.63) is 47.5 Å². The first kappa shape index (κ1) is 22.9. The van der Waals surface area contributed by atoms with Crippen LogP contribution in [0.3, 0.4) is 0 Å². The zero-order chi connectivity index (χ0) is 23.3. The van der Waals surface area contributed by atoms with Crippen molar-refractivity contribution in [3.8, 4) is 17.2 Å². The summed E-state index contributed by atoms with van der Waals surface area (Å²) in [6.45, 7) is 0.760. The van der Waals surface area contributed by atoms with E-state index in [9.17, 15) is 19.5 Å². The van der Waals surface area contributed by atoms with Crippen molar-refractivity contribution in [3.63, 3.8) is 0 Å². The minimum absolute atomic E-state index is 0.0960. The molecular formula is C23H26N2O7. The molecule has 32 heavy (non-hydrogen) atoms. The molecule has 2 aromatic rings. The molecule has 1 fully saturated rings. The van der Waals surface area contributed by atoms with Crippen LogP contribution in [-0.4, -0.2) is 62.2 Å². The second kappa shape index (κ2) is 10.0. The van der Waals surface area contributed by atoms with E-state index in [0.29, 0.717) is 31.0 Å². The molecule has 2 N–H and O–H groups in total. The number of likely N-dealkylation sites (tertiary alicyclic amines) is 1. The highest BCUT2D eigenvalue weighted by molar-refractivity contribution is 5.99. The maximum atomic E-state index is 12.6. The van der Waals surface area contributed by atoms with Gasteiger partial charge < -0.3 is 29.5 Å². The van der Waals surface area contributed by atoms with E-state index in [-0.39, 0.29) is 35.2 Å². The quantitative estimate of drug-likeness (QED) is 0.476.